The van der Waals surface area contributed by atoms with Crippen LogP contribution in [0.15, 0.2) is 17.5 Å². The smallest absolute Gasteiger partial charge is 0.325 e. The minimum atomic E-state index is -1.12. The van der Waals surface area contributed by atoms with Gasteiger partial charge in [-0.2, -0.15) is 0 Å². The molecule has 1 atom stereocenters. The minimum Gasteiger partial charge on any atom is -0.353 e. The molecule has 1 aliphatic heterocycles. The lowest BCUT2D eigenvalue weighted by atomic mass is 10.2. The first-order chi connectivity index (χ1) is 12.5. The van der Waals surface area contributed by atoms with Gasteiger partial charge in [-0.15, -0.1) is 11.3 Å². The van der Waals surface area contributed by atoms with Crippen LogP contribution in [0.3, 0.4) is 0 Å². The molecule has 2 heterocycles. The van der Waals surface area contributed by atoms with Gasteiger partial charge in [0.2, 0.25) is 12.2 Å². The largest absolute Gasteiger partial charge is 0.353 e. The SMILES string of the molecule is CCN1CCN(C(=O)NC([C]=O)CNC(=O)Cc2cccs2)C(=O)C1=O. The van der Waals surface area contributed by atoms with E-state index in [4.69, 9.17) is 0 Å². The van der Waals surface area contributed by atoms with Crippen molar-refractivity contribution in [3.8, 4) is 0 Å². The molecule has 0 bridgehead atoms. The van der Waals surface area contributed by atoms with Crippen LogP contribution in [0.25, 0.3) is 0 Å². The molecule has 1 aromatic rings. The molecule has 0 spiro atoms. The summed E-state index contributed by atoms with van der Waals surface area (Å²) in [5.74, 6) is -2.00. The minimum absolute atomic E-state index is 0.0422. The highest BCUT2D eigenvalue weighted by Crippen LogP contribution is 2.08. The van der Waals surface area contributed by atoms with Crippen LogP contribution in [0, 0.1) is 0 Å². The van der Waals surface area contributed by atoms with Crippen LogP contribution in [0.5, 0.6) is 0 Å². The zero-order chi connectivity index (χ0) is 19.1. The molecule has 1 radical (unpaired) electrons. The molecule has 0 saturated carbocycles. The number of carbonyl (C=O) groups is 4. The number of urea groups is 1. The van der Waals surface area contributed by atoms with Gasteiger partial charge in [0.15, 0.2) is 0 Å². The Morgan fingerprint density at radius 2 is 2.08 bits per heavy atom. The van der Waals surface area contributed by atoms with E-state index in [0.717, 1.165) is 9.78 Å². The standard InChI is InChI=1S/C16H19N4O5S/c1-2-19-5-6-20(15(24)14(19)23)16(25)18-11(10-21)9-17-13(22)8-12-4-3-7-26-12/h3-4,7,11H,2,5-6,8-9H2,1H3,(H,17,22)(H,18,25). The highest BCUT2D eigenvalue weighted by molar-refractivity contribution is 7.10. The molecular formula is C16H19N4O5S. The van der Waals surface area contributed by atoms with Crippen LogP contribution in [0.4, 0.5) is 4.79 Å². The normalized spacial score (nSPS) is 15.6. The van der Waals surface area contributed by atoms with Crippen molar-refractivity contribution in [1.29, 1.82) is 0 Å². The number of amides is 5. The van der Waals surface area contributed by atoms with E-state index >= 15 is 0 Å². The maximum Gasteiger partial charge on any atom is 0.325 e. The Kier molecular flexibility index (Phi) is 6.84. The average molecular weight is 379 g/mol. The van der Waals surface area contributed by atoms with Crippen molar-refractivity contribution in [2.24, 2.45) is 0 Å². The summed E-state index contributed by atoms with van der Waals surface area (Å²) >= 11 is 1.44. The van der Waals surface area contributed by atoms with Crippen LogP contribution >= 0.6 is 11.3 Å². The molecule has 1 aliphatic rings. The summed E-state index contributed by atoms with van der Waals surface area (Å²) in [7, 11) is 0. The number of carbonyl (C=O) groups excluding carboxylic acids is 5. The first-order valence-electron chi connectivity index (χ1n) is 8.04. The zero-order valence-electron chi connectivity index (χ0n) is 14.2. The molecule has 0 aliphatic carbocycles. The number of hydrogen-bond acceptors (Lipinski definition) is 6. The van der Waals surface area contributed by atoms with Gasteiger partial charge in [-0.3, -0.25) is 24.1 Å². The van der Waals surface area contributed by atoms with Gasteiger partial charge in [0.1, 0.15) is 6.04 Å². The van der Waals surface area contributed by atoms with Crippen LogP contribution in [-0.2, 0) is 25.6 Å². The molecule has 9 nitrogen and oxygen atoms in total. The lowest BCUT2D eigenvalue weighted by Crippen LogP contribution is -2.60. The number of nitrogens with one attached hydrogen (secondary N) is 2. The van der Waals surface area contributed by atoms with Crippen LogP contribution in [-0.4, -0.2) is 72.1 Å². The number of hydrogen-bond donors (Lipinski definition) is 2. The average Bonchev–Trinajstić information content (AvgIpc) is 3.13. The van der Waals surface area contributed by atoms with Gasteiger partial charge >= 0.3 is 17.8 Å². The third-order valence-corrected chi connectivity index (χ3v) is 4.67. The number of imide groups is 1. The van der Waals surface area contributed by atoms with Crippen LogP contribution in [0.1, 0.15) is 11.8 Å². The number of nitrogens with zero attached hydrogens (tertiary/aromatic N) is 2. The van der Waals surface area contributed by atoms with Crippen molar-refractivity contribution in [2.45, 2.75) is 19.4 Å². The molecule has 1 aromatic heterocycles. The first kappa shape index (κ1) is 19.6. The summed E-state index contributed by atoms with van der Waals surface area (Å²) < 4.78 is 0. The molecule has 139 valence electrons. The van der Waals surface area contributed by atoms with E-state index in [0.29, 0.717) is 6.54 Å². The van der Waals surface area contributed by atoms with Gasteiger partial charge in [0, 0.05) is 31.1 Å². The molecule has 0 aromatic carbocycles. The summed E-state index contributed by atoms with van der Waals surface area (Å²) in [5.41, 5.74) is 0. The topological polar surface area (TPSA) is 116 Å². The van der Waals surface area contributed by atoms with Crippen LogP contribution in [0.2, 0.25) is 0 Å². The molecule has 5 amide bonds. The van der Waals surface area contributed by atoms with Crippen molar-refractivity contribution in [1.82, 2.24) is 20.4 Å². The lowest BCUT2D eigenvalue weighted by Gasteiger charge is -2.32. The van der Waals surface area contributed by atoms with Crippen molar-refractivity contribution >= 4 is 41.4 Å². The van der Waals surface area contributed by atoms with Crippen LogP contribution < -0.4 is 10.6 Å². The monoisotopic (exact) mass is 379 g/mol. The van der Waals surface area contributed by atoms with E-state index < -0.39 is 23.9 Å². The van der Waals surface area contributed by atoms with Crippen molar-refractivity contribution in [2.75, 3.05) is 26.2 Å². The fourth-order valence-electron chi connectivity index (χ4n) is 2.37. The van der Waals surface area contributed by atoms with Crippen molar-refractivity contribution < 1.29 is 24.0 Å². The van der Waals surface area contributed by atoms with Gasteiger partial charge < -0.3 is 15.5 Å². The Balaban J connectivity index is 1.84. The van der Waals surface area contributed by atoms with Crippen molar-refractivity contribution in [3.63, 3.8) is 0 Å². The Morgan fingerprint density at radius 1 is 1.31 bits per heavy atom. The molecule has 1 fully saturated rings. The molecule has 1 unspecified atom stereocenters. The Labute approximate surface area is 154 Å². The van der Waals surface area contributed by atoms with Gasteiger partial charge in [-0.25, -0.2) is 4.79 Å². The van der Waals surface area contributed by atoms with Gasteiger partial charge in [-0.05, 0) is 18.4 Å². The molecule has 2 rings (SSSR count). The van der Waals surface area contributed by atoms with E-state index in [1.54, 1.807) is 13.2 Å². The first-order valence-corrected chi connectivity index (χ1v) is 8.92. The maximum atomic E-state index is 12.2. The summed E-state index contributed by atoms with van der Waals surface area (Å²) in [6, 6.07) is 1.65. The van der Waals surface area contributed by atoms with E-state index in [9.17, 15) is 24.0 Å². The van der Waals surface area contributed by atoms with Gasteiger partial charge in [0.25, 0.3) is 0 Å². The molecule has 2 N–H and O–H groups in total. The van der Waals surface area contributed by atoms with Gasteiger partial charge in [-0.1, -0.05) is 6.07 Å². The number of likely N-dealkylation sites (N-methyl/N-ethyl adjacent to an activating group) is 1. The van der Waals surface area contributed by atoms with Crippen molar-refractivity contribution in [3.05, 3.63) is 22.4 Å². The second-order valence-electron chi connectivity index (χ2n) is 5.52. The molecule has 1 saturated heterocycles. The third-order valence-electron chi connectivity index (χ3n) is 3.79. The zero-order valence-corrected chi connectivity index (χ0v) is 15.0. The number of thiophene rings is 1. The van der Waals surface area contributed by atoms with E-state index in [1.165, 1.54) is 16.2 Å². The number of piperazine rings is 1. The fraction of sp³-hybridized carbons (Fsp3) is 0.438. The van der Waals surface area contributed by atoms with E-state index in [2.05, 4.69) is 10.6 Å². The highest BCUT2D eigenvalue weighted by Gasteiger charge is 2.36. The van der Waals surface area contributed by atoms with Gasteiger partial charge in [0.05, 0.1) is 6.42 Å². The predicted octanol–water partition coefficient (Wildman–Crippen LogP) is -0.715. The second-order valence-corrected chi connectivity index (χ2v) is 6.55. The quantitative estimate of drug-likeness (QED) is 0.607. The molecule has 26 heavy (non-hydrogen) atoms. The predicted molar refractivity (Wildman–Crippen MR) is 93.0 cm³/mol. The molecular weight excluding hydrogens is 360 g/mol. The number of rotatable bonds is 7. The maximum absolute atomic E-state index is 12.2. The Morgan fingerprint density at radius 3 is 2.69 bits per heavy atom. The Hall–Kier alpha value is -2.75. The van der Waals surface area contributed by atoms with E-state index in [-0.39, 0.29) is 32.0 Å². The lowest BCUT2D eigenvalue weighted by molar-refractivity contribution is -0.153. The third kappa shape index (κ3) is 4.88. The second kappa shape index (κ2) is 9.09. The highest BCUT2D eigenvalue weighted by atomic mass is 32.1. The summed E-state index contributed by atoms with van der Waals surface area (Å²) in [6.07, 6.45) is 1.77. The molecule has 10 heteroatoms. The summed E-state index contributed by atoms with van der Waals surface area (Å²) in [6.45, 7) is 2.23. The fourth-order valence-corrected chi connectivity index (χ4v) is 3.07. The Bertz CT molecular complexity index is 691. The van der Waals surface area contributed by atoms with E-state index in [1.807, 2.05) is 17.5 Å². The summed E-state index contributed by atoms with van der Waals surface area (Å²) in [4.78, 5) is 61.7. The summed E-state index contributed by atoms with van der Waals surface area (Å²) in [5, 5.41) is 6.67.